The number of hydrazine groups is 1. The zero-order chi connectivity index (χ0) is 24.4. The fourth-order valence-corrected chi connectivity index (χ4v) is 3.10. The summed E-state index contributed by atoms with van der Waals surface area (Å²) in [5, 5.41) is 1.27. The highest BCUT2D eigenvalue weighted by molar-refractivity contribution is 7.89. The molecule has 0 aliphatic carbocycles. The number of hydrogen-bond acceptors (Lipinski definition) is 6. The van der Waals surface area contributed by atoms with Gasteiger partial charge in [0, 0.05) is 23.1 Å². The molecule has 33 heavy (non-hydrogen) atoms. The molecule has 0 spiro atoms. The van der Waals surface area contributed by atoms with Crippen molar-refractivity contribution < 1.29 is 27.5 Å². The zero-order valence-corrected chi connectivity index (χ0v) is 20.5. The Labute approximate surface area is 199 Å². The van der Waals surface area contributed by atoms with Gasteiger partial charge in [-0.1, -0.05) is 47.3 Å². The number of carbonyl (C=O) groups excluding carboxylic acids is 1. The van der Waals surface area contributed by atoms with E-state index in [-0.39, 0.29) is 30.4 Å². The molecule has 0 atom stereocenters. The van der Waals surface area contributed by atoms with Crippen LogP contribution in [0.4, 0.5) is 0 Å². The fraction of sp³-hybridized carbons (Fsp3) is 0.348. The highest BCUT2D eigenvalue weighted by Crippen LogP contribution is 2.31. The average Bonchev–Trinajstić information content (AvgIpc) is 2.77. The summed E-state index contributed by atoms with van der Waals surface area (Å²) in [6.45, 7) is 5.25. The molecule has 0 aliphatic heterocycles. The number of nitrogens with one attached hydrogen (secondary N) is 1. The quantitative estimate of drug-likeness (QED) is 0.399. The van der Waals surface area contributed by atoms with Crippen LogP contribution >= 0.6 is 11.6 Å². The van der Waals surface area contributed by atoms with E-state index in [2.05, 4.69) is 16.7 Å². The summed E-state index contributed by atoms with van der Waals surface area (Å²) in [4.78, 5) is 20.1. The van der Waals surface area contributed by atoms with Gasteiger partial charge in [0.15, 0.2) is 17.2 Å². The molecule has 178 valence electrons. The van der Waals surface area contributed by atoms with Crippen molar-refractivity contribution in [2.75, 3.05) is 19.5 Å². The van der Waals surface area contributed by atoms with Gasteiger partial charge in [0.1, 0.15) is 6.61 Å². The largest absolute Gasteiger partial charge is 0.493 e. The second-order valence-electron chi connectivity index (χ2n) is 7.28. The lowest BCUT2D eigenvalue weighted by atomic mass is 10.1. The molecule has 2 rings (SSSR count). The van der Waals surface area contributed by atoms with Gasteiger partial charge >= 0.3 is 0 Å². The maximum atomic E-state index is 12.5. The predicted molar refractivity (Wildman–Crippen MR) is 126 cm³/mol. The number of nitrogens with zero attached hydrogens (tertiary/aromatic N) is 1. The van der Waals surface area contributed by atoms with E-state index in [1.54, 1.807) is 30.3 Å². The number of hydroxylamine groups is 1. The van der Waals surface area contributed by atoms with Crippen molar-refractivity contribution >= 4 is 27.5 Å². The minimum atomic E-state index is -3.73. The number of carbonyl (C=O) groups is 1. The summed E-state index contributed by atoms with van der Waals surface area (Å²) in [5.41, 5.74) is 0.805. The third-order valence-electron chi connectivity index (χ3n) is 4.12. The van der Waals surface area contributed by atoms with Gasteiger partial charge in [0.05, 0.1) is 12.9 Å². The van der Waals surface area contributed by atoms with Crippen LogP contribution in [0.15, 0.2) is 42.5 Å². The molecule has 1 amide bonds. The van der Waals surface area contributed by atoms with Crippen LogP contribution in [0, 0.1) is 17.8 Å². The van der Waals surface area contributed by atoms with Crippen LogP contribution in [-0.4, -0.2) is 39.0 Å². The second-order valence-corrected chi connectivity index (χ2v) is 9.71. The van der Waals surface area contributed by atoms with Crippen molar-refractivity contribution in [3.8, 4) is 29.1 Å². The molecule has 0 unspecified atom stereocenters. The third-order valence-corrected chi connectivity index (χ3v) is 5.58. The van der Waals surface area contributed by atoms with Crippen molar-refractivity contribution in [1.29, 1.82) is 0 Å². The molecular weight excluding hydrogens is 468 g/mol. The van der Waals surface area contributed by atoms with Gasteiger partial charge in [-0.2, -0.15) is 0 Å². The Kier molecular flexibility index (Phi) is 9.85. The van der Waals surface area contributed by atoms with Gasteiger partial charge in [-0.15, -0.1) is 0 Å². The maximum Gasteiger partial charge on any atom is 0.273 e. The molecule has 0 aromatic heterocycles. The number of halogens is 1. The Balaban J connectivity index is 2.12. The van der Waals surface area contributed by atoms with E-state index in [4.69, 9.17) is 25.9 Å². The highest BCUT2D eigenvalue weighted by Gasteiger charge is 2.23. The van der Waals surface area contributed by atoms with Crippen LogP contribution in [0.1, 0.15) is 32.8 Å². The van der Waals surface area contributed by atoms with Crippen molar-refractivity contribution in [2.24, 2.45) is 5.92 Å². The number of sulfonamides is 1. The summed E-state index contributed by atoms with van der Waals surface area (Å²) in [6.07, 6.45) is 0.0941. The number of rotatable bonds is 10. The number of benzene rings is 2. The minimum absolute atomic E-state index is 0.00836. The Morgan fingerprint density at radius 3 is 2.45 bits per heavy atom. The summed E-state index contributed by atoms with van der Waals surface area (Å²) in [7, 11) is -2.28. The van der Waals surface area contributed by atoms with Gasteiger partial charge in [0.2, 0.25) is 10.0 Å². The Morgan fingerprint density at radius 2 is 1.85 bits per heavy atom. The van der Waals surface area contributed by atoms with Crippen molar-refractivity contribution in [1.82, 2.24) is 10.0 Å². The minimum Gasteiger partial charge on any atom is -0.493 e. The van der Waals surface area contributed by atoms with Crippen molar-refractivity contribution in [3.63, 3.8) is 0 Å². The molecule has 2 aromatic rings. The van der Waals surface area contributed by atoms with E-state index in [1.807, 2.05) is 13.8 Å². The van der Waals surface area contributed by atoms with E-state index >= 15 is 0 Å². The smallest absolute Gasteiger partial charge is 0.273 e. The van der Waals surface area contributed by atoms with Crippen molar-refractivity contribution in [3.05, 3.63) is 53.1 Å². The van der Waals surface area contributed by atoms with Crippen LogP contribution in [0.3, 0.4) is 0 Å². The average molecular weight is 495 g/mol. The van der Waals surface area contributed by atoms with Gasteiger partial charge in [-0.25, -0.2) is 8.42 Å². The standard InChI is InChI=1S/C23H27ClN2O6S/c1-5-33(28,29)25-26(23(27)15-17(2)3)32-20-12-13-21(22(16-20)30-4)31-14-6-7-18-8-10-19(24)11-9-18/h8-13,16-17,25H,5,14-15H2,1-4H3. The number of methoxy groups -OCH3 is 1. The summed E-state index contributed by atoms with van der Waals surface area (Å²) in [5.74, 6) is 6.05. The highest BCUT2D eigenvalue weighted by atomic mass is 35.5. The Morgan fingerprint density at radius 1 is 1.15 bits per heavy atom. The van der Waals surface area contributed by atoms with Crippen LogP contribution in [0.2, 0.25) is 5.02 Å². The summed E-state index contributed by atoms with van der Waals surface area (Å²) in [6, 6.07) is 11.7. The van der Waals surface area contributed by atoms with E-state index in [0.29, 0.717) is 21.7 Å². The summed E-state index contributed by atoms with van der Waals surface area (Å²) < 4.78 is 35.0. The molecule has 0 bridgehead atoms. The van der Waals surface area contributed by atoms with Crippen LogP contribution in [0.5, 0.6) is 17.2 Å². The predicted octanol–water partition coefficient (Wildman–Crippen LogP) is 3.80. The van der Waals surface area contributed by atoms with Gasteiger partial charge in [0.25, 0.3) is 5.91 Å². The lowest BCUT2D eigenvalue weighted by Gasteiger charge is -2.23. The molecule has 0 saturated heterocycles. The molecule has 0 radical (unpaired) electrons. The van der Waals surface area contributed by atoms with E-state index < -0.39 is 15.9 Å². The van der Waals surface area contributed by atoms with Gasteiger partial charge < -0.3 is 14.3 Å². The number of ether oxygens (including phenoxy) is 2. The third kappa shape index (κ3) is 8.85. The molecule has 0 fully saturated rings. The summed E-state index contributed by atoms with van der Waals surface area (Å²) >= 11 is 5.86. The first kappa shape index (κ1) is 26.3. The molecule has 2 aromatic carbocycles. The Bertz CT molecular complexity index is 1110. The molecular formula is C23H27ClN2O6S. The van der Waals surface area contributed by atoms with E-state index in [0.717, 1.165) is 5.56 Å². The monoisotopic (exact) mass is 494 g/mol. The fourth-order valence-electron chi connectivity index (χ4n) is 2.46. The first-order valence-corrected chi connectivity index (χ1v) is 12.2. The number of amides is 1. The lowest BCUT2D eigenvalue weighted by Crippen LogP contribution is -2.49. The zero-order valence-electron chi connectivity index (χ0n) is 18.9. The molecule has 0 saturated carbocycles. The molecule has 10 heteroatoms. The molecule has 0 aliphatic rings. The van der Waals surface area contributed by atoms with Crippen LogP contribution in [0.25, 0.3) is 0 Å². The maximum absolute atomic E-state index is 12.5. The van der Waals surface area contributed by atoms with Gasteiger partial charge in [-0.05, 0) is 49.2 Å². The van der Waals surface area contributed by atoms with Gasteiger partial charge in [-0.3, -0.25) is 4.79 Å². The van der Waals surface area contributed by atoms with Crippen LogP contribution in [-0.2, 0) is 14.8 Å². The first-order chi connectivity index (χ1) is 15.6. The van der Waals surface area contributed by atoms with E-state index in [1.165, 1.54) is 26.2 Å². The SMILES string of the molecule is CCS(=O)(=O)NN(Oc1ccc(OCC#Cc2ccc(Cl)cc2)c(OC)c1)C(=O)CC(C)C. The lowest BCUT2D eigenvalue weighted by molar-refractivity contribution is -0.164. The van der Waals surface area contributed by atoms with Crippen molar-refractivity contribution in [2.45, 2.75) is 27.2 Å². The first-order valence-electron chi connectivity index (χ1n) is 10.2. The topological polar surface area (TPSA) is 94.2 Å². The molecule has 0 heterocycles. The molecule has 8 nitrogen and oxygen atoms in total. The van der Waals surface area contributed by atoms with Crippen LogP contribution < -0.4 is 19.1 Å². The normalized spacial score (nSPS) is 10.8. The van der Waals surface area contributed by atoms with E-state index in [9.17, 15) is 13.2 Å². The number of hydrogen-bond donors (Lipinski definition) is 1. The molecule has 1 N–H and O–H groups in total. The second kappa shape index (κ2) is 12.3. The Hall–Kier alpha value is -2.93.